The molecule has 0 bridgehead atoms. The molecule has 1 aliphatic rings. The summed E-state index contributed by atoms with van der Waals surface area (Å²) in [7, 11) is -3.60. The second-order valence-corrected chi connectivity index (χ2v) is 8.56. The third-order valence-corrected chi connectivity index (χ3v) is 6.16. The van der Waals surface area contributed by atoms with Crippen LogP contribution in [0.25, 0.3) is 0 Å². The third-order valence-electron chi connectivity index (χ3n) is 3.74. The molecule has 2 N–H and O–H groups in total. The molecule has 2 aromatic rings. The summed E-state index contributed by atoms with van der Waals surface area (Å²) in [6.45, 7) is 2.14. The lowest BCUT2D eigenvalue weighted by atomic mass is 10.1. The van der Waals surface area contributed by atoms with Crippen LogP contribution in [0.4, 0.5) is 0 Å². The van der Waals surface area contributed by atoms with E-state index in [0.717, 1.165) is 11.3 Å². The van der Waals surface area contributed by atoms with Gasteiger partial charge in [-0.1, -0.05) is 0 Å². The maximum atomic E-state index is 12.4. The minimum Gasteiger partial charge on any atom is -0.490 e. The Morgan fingerprint density at radius 1 is 1.48 bits per heavy atom. The number of carboxylic acid groups (broad SMARTS) is 1. The van der Waals surface area contributed by atoms with E-state index in [2.05, 4.69) is 9.71 Å². The molecule has 2 heterocycles. The second-order valence-electron chi connectivity index (χ2n) is 5.85. The van der Waals surface area contributed by atoms with E-state index in [-0.39, 0.29) is 24.0 Å². The average Bonchev–Trinajstić information content (AvgIpc) is 3.10. The lowest BCUT2D eigenvalue weighted by Crippen LogP contribution is -2.26. The Hall–Kier alpha value is -1.97. The Balaban J connectivity index is 1.60. The van der Waals surface area contributed by atoms with Crippen LogP contribution in [0.1, 0.15) is 23.2 Å². The number of hydrogen-bond donors (Lipinski definition) is 2. The van der Waals surface area contributed by atoms with Crippen LogP contribution in [0.5, 0.6) is 5.75 Å². The highest BCUT2D eigenvalue weighted by Gasteiger charge is 2.22. The molecule has 0 amide bonds. The lowest BCUT2D eigenvalue weighted by Gasteiger charge is -2.07. The van der Waals surface area contributed by atoms with Crippen molar-refractivity contribution in [2.75, 3.05) is 6.54 Å². The molecule has 1 aromatic heterocycles. The van der Waals surface area contributed by atoms with Gasteiger partial charge in [0.05, 0.1) is 22.0 Å². The third kappa shape index (κ3) is 4.36. The maximum absolute atomic E-state index is 12.4. The molecule has 1 atom stereocenters. The Kier molecular flexibility index (Phi) is 5.07. The first kappa shape index (κ1) is 17.8. The number of carboxylic acids is 1. The Morgan fingerprint density at radius 3 is 3.04 bits per heavy atom. The van der Waals surface area contributed by atoms with Crippen LogP contribution in [-0.2, 0) is 34.1 Å². The molecule has 1 aliphatic heterocycles. The zero-order valence-corrected chi connectivity index (χ0v) is 15.2. The molecule has 3 rings (SSSR count). The zero-order chi connectivity index (χ0) is 18.0. The molecule has 25 heavy (non-hydrogen) atoms. The number of ether oxygens (including phenoxy) is 1. The SMILES string of the molecule is CC1Cc2cc(S(=O)(=O)NCCc3nc(CC(=O)O)cs3)ccc2O1. The fraction of sp³-hybridized carbons (Fsp3) is 0.375. The summed E-state index contributed by atoms with van der Waals surface area (Å²) in [5.41, 5.74) is 1.39. The highest BCUT2D eigenvalue weighted by Crippen LogP contribution is 2.30. The molecule has 0 saturated heterocycles. The summed E-state index contributed by atoms with van der Waals surface area (Å²) in [6, 6.07) is 4.87. The first-order chi connectivity index (χ1) is 11.8. The van der Waals surface area contributed by atoms with Crippen molar-refractivity contribution in [1.82, 2.24) is 9.71 Å². The molecule has 0 fully saturated rings. The molecule has 0 radical (unpaired) electrons. The van der Waals surface area contributed by atoms with Crippen LogP contribution in [0.2, 0.25) is 0 Å². The second kappa shape index (κ2) is 7.11. The van der Waals surface area contributed by atoms with Crippen LogP contribution < -0.4 is 9.46 Å². The Morgan fingerprint density at radius 2 is 2.28 bits per heavy atom. The monoisotopic (exact) mass is 382 g/mol. The van der Waals surface area contributed by atoms with Gasteiger partial charge in [-0.3, -0.25) is 4.79 Å². The number of benzene rings is 1. The van der Waals surface area contributed by atoms with Gasteiger partial charge in [0.1, 0.15) is 11.9 Å². The van der Waals surface area contributed by atoms with Gasteiger partial charge in [-0.25, -0.2) is 18.1 Å². The molecule has 0 spiro atoms. The molecule has 134 valence electrons. The van der Waals surface area contributed by atoms with Crippen LogP contribution in [-0.4, -0.2) is 37.1 Å². The van der Waals surface area contributed by atoms with Gasteiger partial charge in [0.15, 0.2) is 0 Å². The van der Waals surface area contributed by atoms with E-state index >= 15 is 0 Å². The normalized spacial score (nSPS) is 16.4. The van der Waals surface area contributed by atoms with Crippen molar-refractivity contribution >= 4 is 27.3 Å². The fourth-order valence-corrected chi connectivity index (χ4v) is 4.52. The highest BCUT2D eigenvalue weighted by atomic mass is 32.2. The summed E-state index contributed by atoms with van der Waals surface area (Å²) in [4.78, 5) is 15.0. The van der Waals surface area contributed by atoms with Crippen LogP contribution in [0.3, 0.4) is 0 Å². The average molecular weight is 382 g/mol. The van der Waals surface area contributed by atoms with Gasteiger partial charge in [-0.2, -0.15) is 0 Å². The van der Waals surface area contributed by atoms with Crippen molar-refractivity contribution in [3.63, 3.8) is 0 Å². The predicted molar refractivity (Wildman–Crippen MR) is 92.6 cm³/mol. The van der Waals surface area contributed by atoms with E-state index < -0.39 is 16.0 Å². The molecular formula is C16H18N2O5S2. The smallest absolute Gasteiger partial charge is 0.309 e. The van der Waals surface area contributed by atoms with Gasteiger partial charge in [-0.15, -0.1) is 11.3 Å². The number of aliphatic carboxylic acids is 1. The van der Waals surface area contributed by atoms with Crippen molar-refractivity contribution in [2.24, 2.45) is 0 Å². The van der Waals surface area contributed by atoms with Crippen LogP contribution >= 0.6 is 11.3 Å². The van der Waals surface area contributed by atoms with Crippen LogP contribution in [0, 0.1) is 0 Å². The summed E-state index contributed by atoms with van der Waals surface area (Å²) in [5, 5.41) is 11.1. The summed E-state index contributed by atoms with van der Waals surface area (Å²) in [6.07, 6.45) is 1.04. The first-order valence-electron chi connectivity index (χ1n) is 7.78. The highest BCUT2D eigenvalue weighted by molar-refractivity contribution is 7.89. The molecule has 0 aliphatic carbocycles. The molecule has 7 nitrogen and oxygen atoms in total. The number of aromatic nitrogens is 1. The number of nitrogens with one attached hydrogen (secondary N) is 1. The van der Waals surface area contributed by atoms with Gasteiger partial charge < -0.3 is 9.84 Å². The summed E-state index contributed by atoms with van der Waals surface area (Å²) in [5.74, 6) is -0.201. The Bertz CT molecular complexity index is 892. The van der Waals surface area contributed by atoms with Crippen molar-refractivity contribution in [3.8, 4) is 5.75 Å². The van der Waals surface area contributed by atoms with Crippen molar-refractivity contribution < 1.29 is 23.1 Å². The van der Waals surface area contributed by atoms with E-state index in [0.29, 0.717) is 23.5 Å². The fourth-order valence-electron chi connectivity index (χ4n) is 2.64. The number of nitrogens with zero attached hydrogens (tertiary/aromatic N) is 1. The number of thiazole rings is 1. The van der Waals surface area contributed by atoms with E-state index in [1.807, 2.05) is 6.92 Å². The van der Waals surface area contributed by atoms with E-state index in [9.17, 15) is 13.2 Å². The number of fused-ring (bicyclic) bond motifs is 1. The van der Waals surface area contributed by atoms with Crippen molar-refractivity contribution in [2.45, 2.75) is 37.2 Å². The summed E-state index contributed by atoms with van der Waals surface area (Å²) < 4.78 is 33.0. The lowest BCUT2D eigenvalue weighted by molar-refractivity contribution is -0.136. The number of rotatable bonds is 7. The maximum Gasteiger partial charge on any atom is 0.309 e. The molecule has 0 saturated carbocycles. The molecule has 1 unspecified atom stereocenters. The van der Waals surface area contributed by atoms with Gasteiger partial charge in [0.2, 0.25) is 10.0 Å². The van der Waals surface area contributed by atoms with Gasteiger partial charge >= 0.3 is 5.97 Å². The largest absolute Gasteiger partial charge is 0.490 e. The van der Waals surface area contributed by atoms with Crippen LogP contribution in [0.15, 0.2) is 28.5 Å². The quantitative estimate of drug-likeness (QED) is 0.754. The van der Waals surface area contributed by atoms with E-state index in [1.165, 1.54) is 17.4 Å². The zero-order valence-electron chi connectivity index (χ0n) is 13.6. The molecular weight excluding hydrogens is 364 g/mol. The first-order valence-corrected chi connectivity index (χ1v) is 10.1. The van der Waals surface area contributed by atoms with Gasteiger partial charge in [0, 0.05) is 24.8 Å². The van der Waals surface area contributed by atoms with Crippen molar-refractivity contribution in [3.05, 3.63) is 39.8 Å². The predicted octanol–water partition coefficient (Wildman–Crippen LogP) is 1.61. The summed E-state index contributed by atoms with van der Waals surface area (Å²) >= 11 is 1.33. The molecule has 1 aromatic carbocycles. The minimum absolute atomic E-state index is 0.0609. The van der Waals surface area contributed by atoms with Crippen molar-refractivity contribution in [1.29, 1.82) is 0 Å². The minimum atomic E-state index is -3.60. The van der Waals surface area contributed by atoms with Gasteiger partial charge in [-0.05, 0) is 30.7 Å². The number of carbonyl (C=O) groups is 1. The Labute approximate surface area is 149 Å². The molecule has 9 heteroatoms. The number of hydrogen-bond acceptors (Lipinski definition) is 6. The topological polar surface area (TPSA) is 106 Å². The van der Waals surface area contributed by atoms with E-state index in [4.69, 9.17) is 9.84 Å². The standard InChI is InChI=1S/C16H18N2O5S2/c1-10-6-11-7-13(2-3-14(11)23-10)25(21,22)17-5-4-15-18-12(9-24-15)8-16(19)20/h2-3,7,9-10,17H,4-6,8H2,1H3,(H,19,20). The van der Waals surface area contributed by atoms with Gasteiger partial charge in [0.25, 0.3) is 0 Å². The van der Waals surface area contributed by atoms with E-state index in [1.54, 1.807) is 17.5 Å². The number of sulfonamides is 1.